The van der Waals surface area contributed by atoms with Gasteiger partial charge in [-0.15, -0.1) is 0 Å². The zero-order valence-electron chi connectivity index (χ0n) is 29.8. The first kappa shape index (κ1) is 31.1. The first-order valence-corrected chi connectivity index (χ1v) is 18.3. The molecule has 8 aromatic carbocycles. The van der Waals surface area contributed by atoms with Crippen LogP contribution in [-0.2, 0) is 5.41 Å². The predicted octanol–water partition coefficient (Wildman–Crippen LogP) is 14.4. The highest BCUT2D eigenvalue weighted by Gasteiger charge is 2.35. The molecule has 1 aromatic heterocycles. The van der Waals surface area contributed by atoms with Crippen LogP contribution in [0.1, 0.15) is 25.0 Å². The molecular formula is C51H37NO. The standard InChI is InChI=1S/C51H37NO/c1-51(2)47-14-8-6-12-43(47)46-32-38(25-31-48(46)51)36-18-16-34(17-19-36)35-20-26-41(27-21-35)52(40-10-4-3-5-11-40)42-28-22-37(23-29-42)39-24-30-45-44-13-7-9-15-49(44)53-50(45)33-39/h3-33H,1-2H3. The van der Waals surface area contributed by atoms with Gasteiger partial charge in [0.15, 0.2) is 0 Å². The molecule has 1 heterocycles. The second-order valence-corrected chi connectivity index (χ2v) is 14.6. The topological polar surface area (TPSA) is 16.4 Å². The molecule has 0 atom stereocenters. The smallest absolute Gasteiger partial charge is 0.136 e. The van der Waals surface area contributed by atoms with Gasteiger partial charge in [-0.25, -0.2) is 0 Å². The summed E-state index contributed by atoms with van der Waals surface area (Å²) < 4.78 is 6.18. The van der Waals surface area contributed by atoms with Crippen LogP contribution in [0.2, 0.25) is 0 Å². The molecule has 0 amide bonds. The van der Waals surface area contributed by atoms with Crippen LogP contribution < -0.4 is 4.90 Å². The van der Waals surface area contributed by atoms with E-state index in [9.17, 15) is 0 Å². The molecule has 0 unspecified atom stereocenters. The molecule has 2 nitrogen and oxygen atoms in total. The summed E-state index contributed by atoms with van der Waals surface area (Å²) >= 11 is 0. The third-order valence-corrected chi connectivity index (χ3v) is 11.1. The Hall–Kier alpha value is -6.64. The highest BCUT2D eigenvalue weighted by atomic mass is 16.3. The molecule has 0 aliphatic heterocycles. The van der Waals surface area contributed by atoms with Crippen LogP contribution in [0.4, 0.5) is 17.1 Å². The quantitative estimate of drug-likeness (QED) is 0.174. The first-order valence-electron chi connectivity index (χ1n) is 18.3. The van der Waals surface area contributed by atoms with Gasteiger partial charge in [-0.05, 0) is 116 Å². The number of rotatable bonds is 6. The molecule has 2 heteroatoms. The molecule has 0 N–H and O–H groups in total. The van der Waals surface area contributed by atoms with Crippen molar-refractivity contribution in [3.05, 3.63) is 199 Å². The van der Waals surface area contributed by atoms with Crippen molar-refractivity contribution >= 4 is 39.0 Å². The van der Waals surface area contributed by atoms with Gasteiger partial charge in [0.25, 0.3) is 0 Å². The van der Waals surface area contributed by atoms with E-state index in [1.54, 1.807) is 0 Å². The Balaban J connectivity index is 0.927. The molecule has 0 saturated carbocycles. The number of fused-ring (bicyclic) bond motifs is 6. The van der Waals surface area contributed by atoms with Gasteiger partial charge in [0, 0.05) is 33.2 Å². The molecule has 9 aromatic rings. The van der Waals surface area contributed by atoms with Gasteiger partial charge in [-0.2, -0.15) is 0 Å². The highest BCUT2D eigenvalue weighted by Crippen LogP contribution is 2.49. The Kier molecular flexibility index (Phi) is 7.19. The maximum Gasteiger partial charge on any atom is 0.136 e. The molecule has 0 saturated heterocycles. The number of hydrogen-bond donors (Lipinski definition) is 0. The number of benzene rings is 8. The number of para-hydroxylation sites is 2. The lowest BCUT2D eigenvalue weighted by molar-refractivity contribution is 0.660. The zero-order chi connectivity index (χ0) is 35.5. The molecule has 0 radical (unpaired) electrons. The Labute approximate surface area is 310 Å². The number of nitrogens with zero attached hydrogens (tertiary/aromatic N) is 1. The second kappa shape index (κ2) is 12.3. The normalized spacial score (nSPS) is 12.9. The summed E-state index contributed by atoms with van der Waals surface area (Å²) in [6.07, 6.45) is 0. The minimum atomic E-state index is 0.0202. The van der Waals surface area contributed by atoms with Gasteiger partial charge in [-0.3, -0.25) is 0 Å². The van der Waals surface area contributed by atoms with Crippen molar-refractivity contribution in [2.45, 2.75) is 19.3 Å². The molecule has 10 rings (SSSR count). The molecule has 1 aliphatic carbocycles. The fourth-order valence-corrected chi connectivity index (χ4v) is 8.29. The van der Waals surface area contributed by atoms with Crippen LogP contribution in [0.15, 0.2) is 192 Å². The summed E-state index contributed by atoms with van der Waals surface area (Å²) in [5.74, 6) is 0. The predicted molar refractivity (Wildman–Crippen MR) is 222 cm³/mol. The Morgan fingerprint density at radius 2 is 0.830 bits per heavy atom. The summed E-state index contributed by atoms with van der Waals surface area (Å²) in [4.78, 5) is 2.31. The molecule has 0 spiro atoms. The van der Waals surface area contributed by atoms with Crippen molar-refractivity contribution in [3.8, 4) is 44.5 Å². The third-order valence-electron chi connectivity index (χ3n) is 11.1. The number of furan rings is 1. The SMILES string of the molecule is CC1(C)c2ccccc2-c2cc(-c3ccc(-c4ccc(N(c5ccccc5)c5ccc(-c6ccc7c(c6)oc6ccccc67)cc5)cc4)cc3)ccc21. The number of anilines is 3. The summed E-state index contributed by atoms with van der Waals surface area (Å²) in [5, 5.41) is 2.29. The van der Waals surface area contributed by atoms with Gasteiger partial charge in [0.05, 0.1) is 0 Å². The van der Waals surface area contributed by atoms with E-state index in [-0.39, 0.29) is 5.41 Å². The maximum atomic E-state index is 6.18. The summed E-state index contributed by atoms with van der Waals surface area (Å²) in [7, 11) is 0. The number of hydrogen-bond acceptors (Lipinski definition) is 2. The van der Waals surface area contributed by atoms with Gasteiger partial charge >= 0.3 is 0 Å². The molecular weight excluding hydrogens is 643 g/mol. The maximum absolute atomic E-state index is 6.18. The van der Waals surface area contributed by atoms with Crippen LogP contribution in [0, 0.1) is 0 Å². The average molecular weight is 680 g/mol. The van der Waals surface area contributed by atoms with E-state index in [2.05, 4.69) is 195 Å². The van der Waals surface area contributed by atoms with E-state index in [4.69, 9.17) is 4.42 Å². The van der Waals surface area contributed by atoms with E-state index in [1.165, 1.54) is 44.5 Å². The van der Waals surface area contributed by atoms with Crippen molar-refractivity contribution in [2.75, 3.05) is 4.90 Å². The van der Waals surface area contributed by atoms with Gasteiger partial charge in [-0.1, -0.05) is 141 Å². The van der Waals surface area contributed by atoms with Crippen molar-refractivity contribution in [1.82, 2.24) is 0 Å². The molecule has 1 aliphatic rings. The summed E-state index contributed by atoms with van der Waals surface area (Å²) in [5.41, 5.74) is 17.8. The largest absolute Gasteiger partial charge is 0.456 e. The zero-order valence-corrected chi connectivity index (χ0v) is 29.8. The third kappa shape index (κ3) is 5.26. The minimum absolute atomic E-state index is 0.0202. The first-order chi connectivity index (χ1) is 26.0. The van der Waals surface area contributed by atoms with E-state index < -0.39 is 0 Å². The lowest BCUT2D eigenvalue weighted by Gasteiger charge is -2.26. The van der Waals surface area contributed by atoms with Crippen LogP contribution in [0.5, 0.6) is 0 Å². The van der Waals surface area contributed by atoms with E-state index in [0.29, 0.717) is 0 Å². The molecule has 0 bridgehead atoms. The van der Waals surface area contributed by atoms with Gasteiger partial charge < -0.3 is 9.32 Å². The van der Waals surface area contributed by atoms with Crippen LogP contribution >= 0.6 is 0 Å². The average Bonchev–Trinajstić information content (AvgIpc) is 3.70. The van der Waals surface area contributed by atoms with Gasteiger partial charge in [0.2, 0.25) is 0 Å². The summed E-state index contributed by atoms with van der Waals surface area (Å²) in [6.45, 7) is 4.66. The monoisotopic (exact) mass is 679 g/mol. The Morgan fingerprint density at radius 1 is 0.358 bits per heavy atom. The summed E-state index contributed by atoms with van der Waals surface area (Å²) in [6, 6.07) is 67.8. The molecule has 0 fully saturated rings. The van der Waals surface area contributed by atoms with Crippen molar-refractivity contribution in [3.63, 3.8) is 0 Å². The van der Waals surface area contributed by atoms with Gasteiger partial charge in [0.1, 0.15) is 11.2 Å². The van der Waals surface area contributed by atoms with E-state index in [1.807, 2.05) is 12.1 Å². The lowest BCUT2D eigenvalue weighted by Crippen LogP contribution is -2.14. The van der Waals surface area contributed by atoms with Crippen LogP contribution in [-0.4, -0.2) is 0 Å². The Morgan fingerprint density at radius 3 is 1.53 bits per heavy atom. The van der Waals surface area contributed by atoms with E-state index >= 15 is 0 Å². The Bertz CT molecular complexity index is 2770. The fourth-order valence-electron chi connectivity index (χ4n) is 8.29. The second-order valence-electron chi connectivity index (χ2n) is 14.6. The van der Waals surface area contributed by atoms with Crippen molar-refractivity contribution < 1.29 is 4.42 Å². The van der Waals surface area contributed by atoms with Crippen LogP contribution in [0.3, 0.4) is 0 Å². The lowest BCUT2D eigenvalue weighted by atomic mass is 9.82. The van der Waals surface area contributed by atoms with Crippen molar-refractivity contribution in [2.24, 2.45) is 0 Å². The highest BCUT2D eigenvalue weighted by molar-refractivity contribution is 6.05. The minimum Gasteiger partial charge on any atom is -0.456 e. The molecule has 53 heavy (non-hydrogen) atoms. The fraction of sp³-hybridized carbons (Fsp3) is 0.0588. The van der Waals surface area contributed by atoms with E-state index in [0.717, 1.165) is 50.1 Å². The van der Waals surface area contributed by atoms with Crippen LogP contribution in [0.25, 0.3) is 66.4 Å². The molecule has 252 valence electrons. The van der Waals surface area contributed by atoms with Crippen molar-refractivity contribution in [1.29, 1.82) is 0 Å².